The third kappa shape index (κ3) is 38.3. The summed E-state index contributed by atoms with van der Waals surface area (Å²) in [5.74, 6) is -5.14. The topological polar surface area (TPSA) is 436 Å². The summed E-state index contributed by atoms with van der Waals surface area (Å²) in [6.07, 6.45) is 24.8. The summed E-state index contributed by atoms with van der Waals surface area (Å²) >= 11 is 8.56. The Morgan fingerprint density at radius 2 is 0.618 bits per heavy atom. The van der Waals surface area contributed by atoms with E-state index in [9.17, 15) is 57.5 Å². The number of rotatable bonds is 46. The van der Waals surface area contributed by atoms with Crippen LogP contribution in [0.15, 0.2) is 0 Å². The van der Waals surface area contributed by atoms with Crippen molar-refractivity contribution in [3.63, 3.8) is 0 Å². The van der Waals surface area contributed by atoms with Gasteiger partial charge in [0.25, 0.3) is 0 Å². The summed E-state index contributed by atoms with van der Waals surface area (Å²) in [4.78, 5) is 173. The second kappa shape index (κ2) is 56.6. The van der Waals surface area contributed by atoms with Crippen LogP contribution < -0.4 is 76.1 Å². The standard InChI is InChI=1S/C72H132N16O12S2/c73-41-21-15-31-53-65(93)83-55(33-19-25-45-77-61(89)39-13-9-5-1-3-7-11-27-49-101)67(95)85-57(35-17-23-43-75)71(99)87-47-29-37-59(87)69(97)80-52-64(92)82-54(32-16-22-42-74)66(94)84-56(34-20-26-46-78-62(90)40-14-10-6-2-4-8-12-28-50-102)68(96)86-58(36-18-24-44-76)72(100)88-48-30-38-60(88)70(98)79-51-63(91)81-53/h53-60,101-102H,1-52,73-76H2,(H,77,89)(H,78,90)(H,79,98)(H,80,97)(H,81,91)(H,82,92)(H,83,93)(H,84,94)(H,85,95)(H,86,96)/t53-,54-,55-,56-,57-,58-,59-,60-/m0/s1. The van der Waals surface area contributed by atoms with Gasteiger partial charge in [0.2, 0.25) is 70.9 Å². The number of thiol groups is 2. The summed E-state index contributed by atoms with van der Waals surface area (Å²) < 4.78 is 0. The summed E-state index contributed by atoms with van der Waals surface area (Å²) in [6.45, 7) is 0.867. The minimum Gasteiger partial charge on any atom is -0.356 e. The van der Waals surface area contributed by atoms with Crippen molar-refractivity contribution >= 4 is 96.1 Å². The first-order chi connectivity index (χ1) is 49.4. The lowest BCUT2D eigenvalue weighted by Crippen LogP contribution is -2.59. The van der Waals surface area contributed by atoms with Crippen molar-refractivity contribution in [3.05, 3.63) is 0 Å². The quantitative estimate of drug-likeness (QED) is 0.0308. The van der Waals surface area contributed by atoms with Crippen molar-refractivity contribution < 1.29 is 57.5 Å². The molecule has 8 atom stereocenters. The number of amides is 12. The van der Waals surface area contributed by atoms with Gasteiger partial charge in [0.05, 0.1) is 13.1 Å². The van der Waals surface area contributed by atoms with Gasteiger partial charge in [-0.15, -0.1) is 0 Å². The molecule has 0 spiro atoms. The number of hydrogen-bond donors (Lipinski definition) is 16. The molecule has 102 heavy (non-hydrogen) atoms. The molecular formula is C72H132N16O12S2. The SMILES string of the molecule is NCCCC[C@@H]1NC(=O)CNC(=O)[C@@H]2CCCN2C(=O)[C@H](CCCCN)NC(=O)[C@H](CCCCNC(=O)CCCCCCCCCCS)NC(=O)[C@H](CCCCN)NC(=O)CNC(=O)[C@@H]2CCCN2C(=O)[C@H](CCCCN)NC(=O)[C@H](CCCCNC(=O)CCCCCCCCCCS)NC1=O. The summed E-state index contributed by atoms with van der Waals surface area (Å²) in [5, 5.41) is 28.1. The zero-order valence-electron chi connectivity index (χ0n) is 61.4. The molecule has 3 heterocycles. The molecular weight excluding hydrogens is 1350 g/mol. The van der Waals surface area contributed by atoms with E-state index in [0.717, 1.165) is 88.6 Å². The molecule has 3 rings (SSSR count). The van der Waals surface area contributed by atoms with Crippen molar-refractivity contribution in [1.29, 1.82) is 0 Å². The van der Waals surface area contributed by atoms with Crippen molar-refractivity contribution in [3.8, 4) is 0 Å². The van der Waals surface area contributed by atoms with Gasteiger partial charge in [0.15, 0.2) is 0 Å². The molecule has 3 aliphatic heterocycles. The third-order valence-electron chi connectivity index (χ3n) is 19.2. The van der Waals surface area contributed by atoms with Crippen molar-refractivity contribution in [1.82, 2.24) is 63.0 Å². The lowest BCUT2D eigenvalue weighted by Gasteiger charge is -2.31. The molecule has 0 unspecified atom stereocenters. The molecule has 3 fully saturated rings. The Hall–Kier alpha value is -5.82. The minimum absolute atomic E-state index is 0.0617. The first-order valence-electron chi connectivity index (χ1n) is 38.9. The Morgan fingerprint density at radius 1 is 0.343 bits per heavy atom. The molecule has 3 saturated heterocycles. The summed E-state index contributed by atoms with van der Waals surface area (Å²) in [6, 6.07) is -9.45. The number of hydrogen-bond acceptors (Lipinski definition) is 18. The molecule has 0 saturated carbocycles. The largest absolute Gasteiger partial charge is 0.356 e. The van der Waals surface area contributed by atoms with Crippen LogP contribution in [0.2, 0.25) is 0 Å². The van der Waals surface area contributed by atoms with E-state index in [0.29, 0.717) is 129 Å². The Kier molecular flexibility index (Phi) is 50.1. The number of unbranched alkanes of at least 4 members (excludes halogenated alkanes) is 20. The molecule has 12 amide bonds. The normalized spacial score (nSPS) is 21.9. The molecule has 18 N–H and O–H groups in total. The highest BCUT2D eigenvalue weighted by Crippen LogP contribution is 2.23. The van der Waals surface area contributed by atoms with Crippen LogP contribution in [-0.4, -0.2) is 206 Å². The number of carbonyl (C=O) groups excluding carboxylic acids is 12. The van der Waals surface area contributed by atoms with E-state index in [4.69, 9.17) is 22.9 Å². The molecule has 0 aliphatic carbocycles. The predicted octanol–water partition coefficient (Wildman–Crippen LogP) is 3.09. The van der Waals surface area contributed by atoms with Crippen molar-refractivity contribution in [2.45, 2.75) is 305 Å². The highest BCUT2D eigenvalue weighted by molar-refractivity contribution is 7.80. The van der Waals surface area contributed by atoms with Crippen LogP contribution in [0.25, 0.3) is 0 Å². The first-order valence-corrected chi connectivity index (χ1v) is 40.2. The molecule has 30 heteroatoms. The van der Waals surface area contributed by atoms with Gasteiger partial charge in [-0.25, -0.2) is 0 Å². The average molecular weight is 1480 g/mol. The molecule has 0 radical (unpaired) electrons. The van der Waals surface area contributed by atoms with E-state index >= 15 is 0 Å². The summed E-state index contributed by atoms with van der Waals surface area (Å²) in [7, 11) is 0. The molecule has 0 aromatic carbocycles. The van der Waals surface area contributed by atoms with Crippen LogP contribution in [0, 0.1) is 0 Å². The van der Waals surface area contributed by atoms with Gasteiger partial charge in [-0.05, 0) is 205 Å². The average Bonchev–Trinajstić information content (AvgIpc) is 1.65. The van der Waals surface area contributed by atoms with Crippen LogP contribution in [-0.2, 0) is 57.5 Å². The molecule has 0 bridgehead atoms. The first kappa shape index (κ1) is 90.4. The van der Waals surface area contributed by atoms with E-state index in [1.165, 1.54) is 35.5 Å². The fourth-order valence-corrected chi connectivity index (χ4v) is 13.7. The predicted molar refractivity (Wildman–Crippen MR) is 403 cm³/mol. The smallest absolute Gasteiger partial charge is 0.245 e. The lowest BCUT2D eigenvalue weighted by molar-refractivity contribution is -0.142. The van der Waals surface area contributed by atoms with Crippen LogP contribution in [0.4, 0.5) is 0 Å². The van der Waals surface area contributed by atoms with Gasteiger partial charge in [-0.3, -0.25) is 57.5 Å². The highest BCUT2D eigenvalue weighted by Gasteiger charge is 2.41. The molecule has 28 nitrogen and oxygen atoms in total. The Morgan fingerprint density at radius 3 is 0.931 bits per heavy atom. The number of carbonyl (C=O) groups is 12. The van der Waals surface area contributed by atoms with Crippen molar-refractivity contribution in [2.24, 2.45) is 22.9 Å². The maximum atomic E-state index is 14.8. The van der Waals surface area contributed by atoms with Gasteiger partial charge in [0, 0.05) is 39.0 Å². The summed E-state index contributed by atoms with van der Waals surface area (Å²) in [5.41, 5.74) is 23.5. The molecule has 0 aromatic rings. The zero-order valence-corrected chi connectivity index (χ0v) is 63.2. The van der Waals surface area contributed by atoms with Crippen LogP contribution in [0.1, 0.15) is 257 Å². The zero-order chi connectivity index (χ0) is 74.5. The number of fused-ring (bicyclic) bond motifs is 2. The Labute approximate surface area is 618 Å². The van der Waals surface area contributed by atoms with Crippen LogP contribution in [0.5, 0.6) is 0 Å². The van der Waals surface area contributed by atoms with E-state index < -0.39 is 120 Å². The fourth-order valence-electron chi connectivity index (χ4n) is 13.2. The van der Waals surface area contributed by atoms with Gasteiger partial charge < -0.3 is 85.9 Å². The van der Waals surface area contributed by atoms with Crippen molar-refractivity contribution in [2.75, 3.05) is 77.0 Å². The Bertz CT molecular complexity index is 2330. The molecule has 3 aliphatic rings. The van der Waals surface area contributed by atoms with Gasteiger partial charge in [-0.1, -0.05) is 77.0 Å². The minimum atomic E-state index is -1.26. The number of nitrogens with zero attached hydrogens (tertiary/aromatic N) is 2. The van der Waals surface area contributed by atoms with E-state index in [2.05, 4.69) is 78.4 Å². The monoisotopic (exact) mass is 1480 g/mol. The van der Waals surface area contributed by atoms with Gasteiger partial charge in [0.1, 0.15) is 48.3 Å². The second-order valence-electron chi connectivity index (χ2n) is 27.7. The Balaban J connectivity index is 1.99. The number of nitrogens with one attached hydrogen (secondary N) is 10. The fraction of sp³-hybridized carbons (Fsp3) is 0.833. The van der Waals surface area contributed by atoms with Crippen LogP contribution >= 0.6 is 25.3 Å². The lowest BCUT2D eigenvalue weighted by atomic mass is 10.0. The van der Waals surface area contributed by atoms with Gasteiger partial charge in [-0.2, -0.15) is 25.3 Å². The van der Waals surface area contributed by atoms with E-state index in [-0.39, 0.29) is 89.4 Å². The molecule has 0 aromatic heterocycles. The number of nitrogens with two attached hydrogens (primary N) is 4. The van der Waals surface area contributed by atoms with Gasteiger partial charge >= 0.3 is 0 Å². The van der Waals surface area contributed by atoms with Crippen LogP contribution in [0.3, 0.4) is 0 Å². The maximum Gasteiger partial charge on any atom is 0.245 e. The highest BCUT2D eigenvalue weighted by atomic mass is 32.1. The maximum absolute atomic E-state index is 14.8. The third-order valence-corrected chi connectivity index (χ3v) is 19.8. The van der Waals surface area contributed by atoms with E-state index in [1.54, 1.807) is 0 Å². The van der Waals surface area contributed by atoms with E-state index in [1.807, 2.05) is 0 Å². The molecule has 584 valence electrons. The second-order valence-corrected chi connectivity index (χ2v) is 28.6.